The lowest BCUT2D eigenvalue weighted by Crippen LogP contribution is -2.31. The minimum Gasteiger partial charge on any atom is -0.489 e. The Morgan fingerprint density at radius 2 is 1.61 bits per heavy atom. The lowest BCUT2D eigenvalue weighted by atomic mass is 9.98. The van der Waals surface area contributed by atoms with Crippen LogP contribution in [0.4, 0.5) is 8.78 Å². The van der Waals surface area contributed by atoms with Crippen LogP contribution in [0, 0.1) is 17.6 Å². The van der Waals surface area contributed by atoms with Gasteiger partial charge in [-0.1, -0.05) is 24.3 Å². The maximum Gasteiger partial charge on any atom is 0.222 e. The predicted octanol–water partition coefficient (Wildman–Crippen LogP) is 2.15. The van der Waals surface area contributed by atoms with Crippen LogP contribution < -0.4 is 16.2 Å². The van der Waals surface area contributed by atoms with E-state index in [9.17, 15) is 13.6 Å². The summed E-state index contributed by atoms with van der Waals surface area (Å²) in [5.74, 6) is -2.06. The van der Waals surface area contributed by atoms with Crippen LogP contribution in [0.5, 0.6) is 5.75 Å². The Morgan fingerprint density at radius 3 is 2.13 bits per heavy atom. The maximum absolute atomic E-state index is 13.1. The van der Waals surface area contributed by atoms with E-state index in [1.54, 1.807) is 0 Å². The van der Waals surface area contributed by atoms with Gasteiger partial charge in [0.05, 0.1) is 5.92 Å². The van der Waals surface area contributed by atoms with Gasteiger partial charge in [0.2, 0.25) is 5.91 Å². The number of ether oxygens (including phenoxy) is 1. The molecule has 6 heteroatoms. The lowest BCUT2D eigenvalue weighted by Gasteiger charge is -2.11. The van der Waals surface area contributed by atoms with Gasteiger partial charge in [0.1, 0.15) is 24.0 Å². The molecule has 0 saturated heterocycles. The highest BCUT2D eigenvalue weighted by Crippen LogP contribution is 2.17. The second kappa shape index (κ2) is 7.69. The number of primary amides is 1. The molecule has 0 aliphatic carbocycles. The number of carbonyl (C=O) groups is 1. The molecule has 0 unspecified atom stereocenters. The third kappa shape index (κ3) is 5.03. The molecular formula is C17H18F2N2O2. The van der Waals surface area contributed by atoms with Crippen LogP contribution in [0.2, 0.25) is 0 Å². The molecule has 4 nitrogen and oxygen atoms in total. The molecule has 2 aromatic rings. The van der Waals surface area contributed by atoms with Crippen LogP contribution in [0.1, 0.15) is 11.1 Å². The van der Waals surface area contributed by atoms with Crippen LogP contribution in [0.3, 0.4) is 0 Å². The van der Waals surface area contributed by atoms with Crippen molar-refractivity contribution in [3.63, 3.8) is 0 Å². The van der Waals surface area contributed by atoms with Crippen LogP contribution in [0.25, 0.3) is 0 Å². The number of benzene rings is 2. The number of halogens is 2. The number of carbonyl (C=O) groups excluding carboxylic acids is 1. The van der Waals surface area contributed by atoms with E-state index in [-0.39, 0.29) is 18.9 Å². The Balaban J connectivity index is 1.96. The van der Waals surface area contributed by atoms with Crippen molar-refractivity contribution in [3.05, 3.63) is 65.2 Å². The fourth-order valence-electron chi connectivity index (χ4n) is 2.13. The maximum atomic E-state index is 13.1. The summed E-state index contributed by atoms with van der Waals surface area (Å²) >= 11 is 0. The Kier molecular flexibility index (Phi) is 5.65. The van der Waals surface area contributed by atoms with Gasteiger partial charge in [0.25, 0.3) is 0 Å². The topological polar surface area (TPSA) is 78.3 Å². The molecule has 4 N–H and O–H groups in total. The van der Waals surface area contributed by atoms with Gasteiger partial charge in [0.15, 0.2) is 0 Å². The Labute approximate surface area is 133 Å². The second-order valence-electron chi connectivity index (χ2n) is 5.25. The van der Waals surface area contributed by atoms with Crippen LogP contribution in [-0.4, -0.2) is 12.5 Å². The van der Waals surface area contributed by atoms with Gasteiger partial charge in [-0.05, 0) is 17.5 Å². The highest BCUT2D eigenvalue weighted by Gasteiger charge is 2.13. The van der Waals surface area contributed by atoms with Crippen LogP contribution in [0.15, 0.2) is 42.5 Å². The Morgan fingerprint density at radius 1 is 1.04 bits per heavy atom. The van der Waals surface area contributed by atoms with Crippen molar-refractivity contribution in [1.82, 2.24) is 0 Å². The smallest absolute Gasteiger partial charge is 0.222 e. The van der Waals surface area contributed by atoms with E-state index < -0.39 is 23.5 Å². The summed E-state index contributed by atoms with van der Waals surface area (Å²) in [7, 11) is 0. The molecule has 122 valence electrons. The van der Waals surface area contributed by atoms with E-state index in [2.05, 4.69) is 0 Å². The van der Waals surface area contributed by atoms with E-state index in [1.807, 2.05) is 24.3 Å². The summed E-state index contributed by atoms with van der Waals surface area (Å²) in [5.41, 5.74) is 12.5. The molecule has 1 amide bonds. The third-order valence-electron chi connectivity index (χ3n) is 3.43. The van der Waals surface area contributed by atoms with Crippen molar-refractivity contribution in [3.8, 4) is 5.75 Å². The first-order valence-electron chi connectivity index (χ1n) is 7.14. The summed E-state index contributed by atoms with van der Waals surface area (Å²) in [6.45, 7) is 0.380. The molecular weight excluding hydrogens is 302 g/mol. The van der Waals surface area contributed by atoms with E-state index >= 15 is 0 Å². The minimum absolute atomic E-state index is 0.128. The number of nitrogens with two attached hydrogens (primary N) is 2. The summed E-state index contributed by atoms with van der Waals surface area (Å²) in [6.07, 6.45) is 0.474. The molecule has 2 aromatic carbocycles. The molecule has 2 rings (SSSR count). The molecule has 0 spiro atoms. The number of hydrogen-bond donors (Lipinski definition) is 2. The average Bonchev–Trinajstić information content (AvgIpc) is 2.50. The molecule has 0 aliphatic heterocycles. The van der Waals surface area contributed by atoms with E-state index in [0.29, 0.717) is 6.42 Å². The predicted molar refractivity (Wildman–Crippen MR) is 82.6 cm³/mol. The zero-order chi connectivity index (χ0) is 16.8. The largest absolute Gasteiger partial charge is 0.489 e. The van der Waals surface area contributed by atoms with Gasteiger partial charge in [-0.15, -0.1) is 0 Å². The first kappa shape index (κ1) is 16.9. The number of rotatable bonds is 7. The first-order chi connectivity index (χ1) is 11.0. The van der Waals surface area contributed by atoms with Gasteiger partial charge in [-0.25, -0.2) is 8.78 Å². The Bertz CT molecular complexity index is 655. The summed E-state index contributed by atoms with van der Waals surface area (Å²) in [4.78, 5) is 11.2. The third-order valence-corrected chi connectivity index (χ3v) is 3.43. The fraction of sp³-hybridized carbons (Fsp3) is 0.235. The number of hydrogen-bond acceptors (Lipinski definition) is 3. The highest BCUT2D eigenvalue weighted by molar-refractivity contribution is 5.77. The van der Waals surface area contributed by atoms with Gasteiger partial charge in [-0.2, -0.15) is 0 Å². The van der Waals surface area contributed by atoms with Crippen molar-refractivity contribution in [2.45, 2.75) is 13.0 Å². The molecule has 0 radical (unpaired) electrons. The quantitative estimate of drug-likeness (QED) is 0.820. The fourth-order valence-corrected chi connectivity index (χ4v) is 2.13. The highest BCUT2D eigenvalue weighted by atomic mass is 19.1. The Hall–Kier alpha value is -2.47. The average molecular weight is 320 g/mol. The zero-order valence-electron chi connectivity index (χ0n) is 12.5. The van der Waals surface area contributed by atoms with Crippen molar-refractivity contribution in [2.75, 3.05) is 6.54 Å². The first-order valence-corrected chi connectivity index (χ1v) is 7.14. The van der Waals surface area contributed by atoms with Crippen LogP contribution >= 0.6 is 0 Å². The number of amides is 1. The molecule has 0 bridgehead atoms. The monoisotopic (exact) mass is 320 g/mol. The van der Waals surface area contributed by atoms with E-state index in [4.69, 9.17) is 16.2 Å². The molecule has 23 heavy (non-hydrogen) atoms. The van der Waals surface area contributed by atoms with Crippen molar-refractivity contribution in [2.24, 2.45) is 17.4 Å². The van der Waals surface area contributed by atoms with Crippen molar-refractivity contribution in [1.29, 1.82) is 0 Å². The molecule has 0 heterocycles. The van der Waals surface area contributed by atoms with Crippen molar-refractivity contribution >= 4 is 5.91 Å². The standard InChI is InChI=1S/C17H18F2N2O2/c18-14-6-15(19)8-16(7-14)23-10-12-3-1-11(2-4-12)5-13(9-20)17(21)22/h1-4,6-8,13H,5,9-10,20H2,(H2,21,22)/t13-/m0/s1. The zero-order valence-corrected chi connectivity index (χ0v) is 12.5. The molecule has 0 aliphatic rings. The molecule has 1 atom stereocenters. The van der Waals surface area contributed by atoms with Gasteiger partial charge >= 0.3 is 0 Å². The second-order valence-corrected chi connectivity index (χ2v) is 5.25. The van der Waals surface area contributed by atoms with Gasteiger partial charge in [0, 0.05) is 24.7 Å². The molecule has 0 saturated carbocycles. The van der Waals surface area contributed by atoms with E-state index in [0.717, 1.165) is 29.3 Å². The van der Waals surface area contributed by atoms with Gasteiger partial charge < -0.3 is 16.2 Å². The molecule has 0 fully saturated rings. The summed E-state index contributed by atoms with van der Waals surface area (Å²) < 4.78 is 31.5. The van der Waals surface area contributed by atoms with Crippen LogP contribution in [-0.2, 0) is 17.8 Å². The summed E-state index contributed by atoms with van der Waals surface area (Å²) in [6, 6.07) is 10.4. The summed E-state index contributed by atoms with van der Waals surface area (Å²) in [5, 5.41) is 0. The minimum atomic E-state index is -0.686. The normalized spacial score (nSPS) is 12.0. The molecule has 0 aromatic heterocycles. The van der Waals surface area contributed by atoms with E-state index in [1.165, 1.54) is 0 Å². The van der Waals surface area contributed by atoms with Crippen molar-refractivity contribution < 1.29 is 18.3 Å². The van der Waals surface area contributed by atoms with Gasteiger partial charge in [-0.3, -0.25) is 4.79 Å². The SMILES string of the molecule is NC[C@H](Cc1ccc(COc2cc(F)cc(F)c2)cc1)C(N)=O. The lowest BCUT2D eigenvalue weighted by molar-refractivity contribution is -0.121.